The van der Waals surface area contributed by atoms with Gasteiger partial charge in [0.05, 0.1) is 11.1 Å². The number of fused-ring (bicyclic) bond motifs is 1. The van der Waals surface area contributed by atoms with Crippen LogP contribution in [0, 0.1) is 0 Å². The third kappa shape index (κ3) is 3.69. The molecule has 11 heteroatoms. The summed E-state index contributed by atoms with van der Waals surface area (Å²) in [5.41, 5.74) is -4.42. The van der Waals surface area contributed by atoms with Crippen LogP contribution in [-0.4, -0.2) is 48.8 Å². The van der Waals surface area contributed by atoms with Crippen LogP contribution in [-0.2, 0) is 10.0 Å². The van der Waals surface area contributed by atoms with Gasteiger partial charge in [-0.15, -0.1) is 0 Å². The third-order valence-electron chi connectivity index (χ3n) is 4.04. The minimum absolute atomic E-state index is 0.105. The number of nitrogens with zero attached hydrogens (tertiary/aromatic N) is 2. The number of alkyl halides is 3. The molecule has 1 saturated heterocycles. The Bertz CT molecular complexity index is 965. The van der Waals surface area contributed by atoms with Crippen molar-refractivity contribution in [1.29, 1.82) is 0 Å². The summed E-state index contributed by atoms with van der Waals surface area (Å²) in [6, 6.07) is 5.80. The maximum atomic E-state index is 12.8. The van der Waals surface area contributed by atoms with Crippen molar-refractivity contribution >= 4 is 42.8 Å². The maximum absolute atomic E-state index is 12.8. The molecule has 140 valence electrons. The van der Waals surface area contributed by atoms with E-state index in [0.29, 0.717) is 16.5 Å². The maximum Gasteiger partial charge on any atom is 0.511 e. The van der Waals surface area contributed by atoms with Gasteiger partial charge in [-0.3, -0.25) is 9.78 Å². The first-order valence-electron chi connectivity index (χ1n) is 7.50. The van der Waals surface area contributed by atoms with Gasteiger partial charge < -0.3 is 4.90 Å². The lowest BCUT2D eigenvalue weighted by Gasteiger charge is -2.18. The highest BCUT2D eigenvalue weighted by molar-refractivity contribution is 9.10. The second kappa shape index (κ2) is 6.78. The predicted octanol–water partition coefficient (Wildman–Crippen LogP) is 2.65. The second-order valence-corrected chi connectivity index (χ2v) is 8.44. The van der Waals surface area contributed by atoms with Crippen molar-refractivity contribution in [2.24, 2.45) is 0 Å². The van der Waals surface area contributed by atoms with Gasteiger partial charge in [-0.2, -0.15) is 13.2 Å². The summed E-state index contributed by atoms with van der Waals surface area (Å²) in [6.45, 7) is 0.0215. The highest BCUT2D eigenvalue weighted by Crippen LogP contribution is 2.26. The molecule has 1 aliphatic heterocycles. The van der Waals surface area contributed by atoms with Crippen molar-refractivity contribution in [2.45, 2.75) is 18.0 Å². The number of rotatable bonds is 3. The van der Waals surface area contributed by atoms with Crippen LogP contribution in [0.15, 0.2) is 34.9 Å². The first kappa shape index (κ1) is 19.1. The number of hydrogen-bond donors (Lipinski definition) is 1. The van der Waals surface area contributed by atoms with Gasteiger partial charge in [0.2, 0.25) is 0 Å². The summed E-state index contributed by atoms with van der Waals surface area (Å²) in [4.78, 5) is 18.3. The second-order valence-electron chi connectivity index (χ2n) is 5.82. The number of sulfonamides is 1. The van der Waals surface area contributed by atoms with E-state index in [9.17, 15) is 26.4 Å². The fourth-order valence-corrected chi connectivity index (χ4v) is 3.93. The third-order valence-corrected chi connectivity index (χ3v) is 5.78. The number of nitrogens with one attached hydrogen (secondary N) is 1. The molecule has 1 atom stereocenters. The average molecular weight is 452 g/mol. The number of hydrogen-bond acceptors (Lipinski definition) is 4. The first-order chi connectivity index (χ1) is 12.1. The van der Waals surface area contributed by atoms with Gasteiger partial charge in [0.1, 0.15) is 0 Å². The van der Waals surface area contributed by atoms with Crippen LogP contribution >= 0.6 is 15.9 Å². The highest BCUT2D eigenvalue weighted by Gasteiger charge is 2.47. The van der Waals surface area contributed by atoms with E-state index in [4.69, 9.17) is 0 Å². The minimum Gasteiger partial charge on any atom is -0.337 e. The summed E-state index contributed by atoms with van der Waals surface area (Å²) < 4.78 is 62.2. The number of amides is 1. The van der Waals surface area contributed by atoms with E-state index in [2.05, 4.69) is 20.9 Å². The zero-order chi connectivity index (χ0) is 19.1. The Labute approximate surface area is 155 Å². The smallest absolute Gasteiger partial charge is 0.337 e. The lowest BCUT2D eigenvalue weighted by atomic mass is 10.1. The molecule has 1 unspecified atom stereocenters. The quantitative estimate of drug-likeness (QED) is 0.777. The van der Waals surface area contributed by atoms with Gasteiger partial charge >= 0.3 is 15.5 Å². The number of carbonyl (C=O) groups is 1. The zero-order valence-electron chi connectivity index (χ0n) is 13.1. The molecule has 0 bridgehead atoms. The molecule has 1 N–H and O–H groups in total. The number of halogens is 4. The molecule has 2 aromatic rings. The molecule has 1 aromatic heterocycles. The van der Waals surface area contributed by atoms with E-state index < -0.39 is 21.6 Å². The molecule has 1 aromatic carbocycles. The topological polar surface area (TPSA) is 79.4 Å². The Hall–Kier alpha value is -1.72. The van der Waals surface area contributed by atoms with Crippen LogP contribution in [0.4, 0.5) is 13.2 Å². The average Bonchev–Trinajstić information content (AvgIpc) is 3.00. The Morgan fingerprint density at radius 2 is 2.04 bits per heavy atom. The van der Waals surface area contributed by atoms with E-state index in [-0.39, 0.29) is 25.4 Å². The van der Waals surface area contributed by atoms with E-state index in [1.807, 2.05) is 0 Å². The van der Waals surface area contributed by atoms with Crippen LogP contribution in [0.3, 0.4) is 0 Å². The Kier molecular flexibility index (Phi) is 4.97. The Morgan fingerprint density at radius 3 is 2.73 bits per heavy atom. The van der Waals surface area contributed by atoms with Crippen LogP contribution in [0.5, 0.6) is 0 Å². The summed E-state index contributed by atoms with van der Waals surface area (Å²) >= 11 is 3.32. The van der Waals surface area contributed by atoms with Gasteiger partial charge in [-0.25, -0.2) is 13.1 Å². The highest BCUT2D eigenvalue weighted by atomic mass is 79.9. The largest absolute Gasteiger partial charge is 0.511 e. The zero-order valence-corrected chi connectivity index (χ0v) is 15.5. The Balaban J connectivity index is 1.80. The van der Waals surface area contributed by atoms with Gasteiger partial charge in [0.25, 0.3) is 5.91 Å². The number of pyridine rings is 1. The van der Waals surface area contributed by atoms with Crippen molar-refractivity contribution < 1.29 is 26.4 Å². The molecule has 0 spiro atoms. The summed E-state index contributed by atoms with van der Waals surface area (Å²) in [6.07, 6.45) is 1.58. The molecule has 6 nitrogen and oxygen atoms in total. The summed E-state index contributed by atoms with van der Waals surface area (Å²) in [5.74, 6) is -0.385. The van der Waals surface area contributed by atoms with Gasteiger partial charge in [-0.1, -0.05) is 15.9 Å². The molecule has 1 amide bonds. The van der Waals surface area contributed by atoms with Crippen LogP contribution < -0.4 is 4.72 Å². The molecule has 0 aliphatic carbocycles. The molecule has 1 fully saturated rings. The van der Waals surface area contributed by atoms with E-state index in [1.165, 1.54) is 17.2 Å². The molecule has 0 saturated carbocycles. The van der Waals surface area contributed by atoms with Crippen molar-refractivity contribution in [2.75, 3.05) is 13.1 Å². The van der Waals surface area contributed by atoms with E-state index in [1.54, 1.807) is 22.9 Å². The SMILES string of the molecule is O=C(c1ccnc2ccc(Br)cc12)N1CCC(NS(=O)(=O)C(F)(F)F)C1. The van der Waals surface area contributed by atoms with E-state index >= 15 is 0 Å². The number of likely N-dealkylation sites (tertiary alicyclic amines) is 1. The van der Waals surface area contributed by atoms with Crippen molar-refractivity contribution in [3.63, 3.8) is 0 Å². The van der Waals surface area contributed by atoms with Crippen LogP contribution in [0.25, 0.3) is 10.9 Å². The molecular weight excluding hydrogens is 439 g/mol. The number of aromatic nitrogens is 1. The van der Waals surface area contributed by atoms with E-state index in [0.717, 1.165) is 4.47 Å². The summed E-state index contributed by atoms with van der Waals surface area (Å²) in [5, 5.41) is 0.603. The Morgan fingerprint density at radius 1 is 1.31 bits per heavy atom. The lowest BCUT2D eigenvalue weighted by molar-refractivity contribution is -0.0450. The molecule has 1 aliphatic rings. The van der Waals surface area contributed by atoms with Gasteiger partial charge in [0, 0.05) is 35.2 Å². The van der Waals surface area contributed by atoms with Crippen molar-refractivity contribution in [1.82, 2.24) is 14.6 Å². The number of benzene rings is 1. The fourth-order valence-electron chi connectivity index (χ4n) is 2.80. The van der Waals surface area contributed by atoms with Crippen LogP contribution in [0.1, 0.15) is 16.8 Å². The number of carbonyl (C=O) groups excluding carboxylic acids is 1. The standard InChI is InChI=1S/C15H13BrF3N3O3S/c16-9-1-2-13-12(7-9)11(3-5-20-13)14(23)22-6-4-10(8-22)21-26(24,25)15(17,18)19/h1-3,5,7,10,21H,4,6,8H2. The monoisotopic (exact) mass is 451 g/mol. The molecular formula is C15H13BrF3N3O3S. The fraction of sp³-hybridized carbons (Fsp3) is 0.333. The molecule has 2 heterocycles. The molecule has 3 rings (SSSR count). The normalized spacial score (nSPS) is 18.5. The minimum atomic E-state index is -5.44. The van der Waals surface area contributed by atoms with Crippen LogP contribution in [0.2, 0.25) is 0 Å². The van der Waals surface area contributed by atoms with Gasteiger partial charge in [0.15, 0.2) is 0 Å². The van der Waals surface area contributed by atoms with Crippen molar-refractivity contribution in [3.8, 4) is 0 Å². The predicted molar refractivity (Wildman–Crippen MR) is 91.9 cm³/mol. The molecule has 0 radical (unpaired) electrons. The van der Waals surface area contributed by atoms with Crippen molar-refractivity contribution in [3.05, 3.63) is 40.5 Å². The van der Waals surface area contributed by atoms with Gasteiger partial charge in [-0.05, 0) is 30.7 Å². The lowest BCUT2D eigenvalue weighted by Crippen LogP contribution is -2.44. The summed E-state index contributed by atoms with van der Waals surface area (Å²) in [7, 11) is -5.44. The molecule has 26 heavy (non-hydrogen) atoms. The first-order valence-corrected chi connectivity index (χ1v) is 9.78.